The van der Waals surface area contributed by atoms with Crippen molar-refractivity contribution < 1.29 is 9.53 Å². The molecule has 2 atom stereocenters. The molecule has 0 aromatic carbocycles. The minimum Gasteiger partial charge on any atom is -0.383 e. The van der Waals surface area contributed by atoms with Gasteiger partial charge in [0.1, 0.15) is 0 Å². The van der Waals surface area contributed by atoms with Gasteiger partial charge in [0, 0.05) is 50.2 Å². The van der Waals surface area contributed by atoms with Gasteiger partial charge in [0.05, 0.1) is 6.61 Å². The maximum Gasteiger partial charge on any atom is 0.224 e. The third-order valence-corrected chi connectivity index (χ3v) is 5.20. The molecule has 1 aliphatic heterocycles. The van der Waals surface area contributed by atoms with E-state index in [4.69, 9.17) is 4.74 Å². The van der Waals surface area contributed by atoms with Crippen LogP contribution in [0.4, 0.5) is 0 Å². The van der Waals surface area contributed by atoms with Crippen LogP contribution in [0.3, 0.4) is 0 Å². The maximum absolute atomic E-state index is 12.5. The molecule has 110 valence electrons. The van der Waals surface area contributed by atoms with Gasteiger partial charge < -0.3 is 15.0 Å². The predicted molar refractivity (Wildman–Crippen MR) is 79.5 cm³/mol. The van der Waals surface area contributed by atoms with Gasteiger partial charge in [-0.3, -0.25) is 4.79 Å². The first kappa shape index (κ1) is 15.1. The summed E-state index contributed by atoms with van der Waals surface area (Å²) in [4.78, 5) is 14.6. The van der Waals surface area contributed by atoms with Crippen molar-refractivity contribution in [3.63, 3.8) is 0 Å². The van der Waals surface area contributed by atoms with E-state index in [1.807, 2.05) is 16.7 Å². The molecule has 1 heterocycles. The highest BCUT2D eigenvalue weighted by molar-refractivity contribution is 7.99. The first-order chi connectivity index (χ1) is 9.22. The Balaban J connectivity index is 1.85. The van der Waals surface area contributed by atoms with Gasteiger partial charge in [-0.2, -0.15) is 11.8 Å². The van der Waals surface area contributed by atoms with E-state index in [1.54, 1.807) is 7.11 Å². The van der Waals surface area contributed by atoms with Gasteiger partial charge >= 0.3 is 0 Å². The topological polar surface area (TPSA) is 41.6 Å². The zero-order valence-corrected chi connectivity index (χ0v) is 12.9. The number of carbonyl (C=O) groups excluding carboxylic acids is 1. The second-order valence-corrected chi connectivity index (χ2v) is 6.74. The van der Waals surface area contributed by atoms with E-state index in [0.29, 0.717) is 25.1 Å². The number of carbonyl (C=O) groups is 1. The highest BCUT2D eigenvalue weighted by Gasteiger charge is 2.34. The summed E-state index contributed by atoms with van der Waals surface area (Å²) in [5.41, 5.74) is 0. The van der Waals surface area contributed by atoms with Gasteiger partial charge in [0.2, 0.25) is 5.91 Å². The Kier molecular flexibility index (Phi) is 5.98. The Morgan fingerprint density at radius 1 is 1.53 bits per heavy atom. The van der Waals surface area contributed by atoms with Crippen molar-refractivity contribution in [3.05, 3.63) is 0 Å². The molecule has 1 saturated heterocycles. The van der Waals surface area contributed by atoms with Crippen LogP contribution in [0.5, 0.6) is 0 Å². The van der Waals surface area contributed by atoms with Crippen LogP contribution in [0.2, 0.25) is 0 Å². The van der Waals surface area contributed by atoms with Crippen LogP contribution in [0.1, 0.15) is 26.2 Å². The van der Waals surface area contributed by atoms with Gasteiger partial charge in [0.15, 0.2) is 0 Å². The quantitative estimate of drug-likeness (QED) is 0.767. The molecule has 0 radical (unpaired) electrons. The largest absolute Gasteiger partial charge is 0.383 e. The molecule has 0 aromatic heterocycles. The van der Waals surface area contributed by atoms with Crippen molar-refractivity contribution in [3.8, 4) is 0 Å². The van der Waals surface area contributed by atoms with Crippen LogP contribution in [0.15, 0.2) is 0 Å². The number of hydrogen-bond donors (Lipinski definition) is 1. The zero-order chi connectivity index (χ0) is 13.7. The Labute approximate surface area is 120 Å². The molecule has 0 spiro atoms. The molecule has 0 aromatic rings. The average Bonchev–Trinajstić information content (AvgIpc) is 3.24. The van der Waals surface area contributed by atoms with Gasteiger partial charge in [-0.15, -0.1) is 0 Å². The molecule has 1 aliphatic carbocycles. The maximum atomic E-state index is 12.5. The summed E-state index contributed by atoms with van der Waals surface area (Å²) >= 11 is 1.94. The van der Waals surface area contributed by atoms with Crippen molar-refractivity contribution in [1.82, 2.24) is 10.2 Å². The van der Waals surface area contributed by atoms with Crippen LogP contribution in [-0.4, -0.2) is 61.2 Å². The van der Waals surface area contributed by atoms with Crippen molar-refractivity contribution in [1.29, 1.82) is 0 Å². The van der Waals surface area contributed by atoms with E-state index in [1.165, 1.54) is 12.8 Å². The van der Waals surface area contributed by atoms with Crippen molar-refractivity contribution >= 4 is 17.7 Å². The highest BCUT2D eigenvalue weighted by atomic mass is 32.2. The lowest BCUT2D eigenvalue weighted by Gasteiger charge is -2.32. The highest BCUT2D eigenvalue weighted by Crippen LogP contribution is 2.35. The third-order valence-electron chi connectivity index (χ3n) is 4.07. The summed E-state index contributed by atoms with van der Waals surface area (Å²) < 4.78 is 5.15. The molecule has 2 unspecified atom stereocenters. The molecule has 0 bridgehead atoms. The van der Waals surface area contributed by atoms with Crippen LogP contribution >= 0.6 is 11.8 Å². The minimum absolute atomic E-state index is 0.288. The normalized spacial score (nSPS) is 25.1. The van der Waals surface area contributed by atoms with Crippen LogP contribution in [-0.2, 0) is 9.53 Å². The number of hydrogen-bond acceptors (Lipinski definition) is 4. The number of methoxy groups -OCH3 is 1. The fourth-order valence-electron chi connectivity index (χ4n) is 2.66. The molecule has 1 amide bonds. The van der Waals surface area contributed by atoms with Gasteiger partial charge in [0.25, 0.3) is 0 Å². The monoisotopic (exact) mass is 286 g/mol. The first-order valence-electron chi connectivity index (χ1n) is 7.32. The van der Waals surface area contributed by atoms with E-state index in [9.17, 15) is 4.79 Å². The fourth-order valence-corrected chi connectivity index (χ4v) is 3.61. The molecular formula is C14H26N2O2S. The smallest absolute Gasteiger partial charge is 0.224 e. The lowest BCUT2D eigenvalue weighted by atomic mass is 10.1. The summed E-state index contributed by atoms with van der Waals surface area (Å²) in [5, 5.41) is 3.45. The number of nitrogens with zero attached hydrogens (tertiary/aromatic N) is 1. The van der Waals surface area contributed by atoms with Crippen molar-refractivity contribution in [2.45, 2.75) is 38.3 Å². The third kappa shape index (κ3) is 4.65. The lowest BCUT2D eigenvalue weighted by Crippen LogP contribution is -2.46. The Bertz CT molecular complexity index is 291. The molecule has 4 nitrogen and oxygen atoms in total. The number of amides is 1. The van der Waals surface area contributed by atoms with Crippen LogP contribution < -0.4 is 5.32 Å². The molecule has 1 saturated carbocycles. The molecule has 5 heteroatoms. The van der Waals surface area contributed by atoms with E-state index in [2.05, 4.69) is 12.2 Å². The molecular weight excluding hydrogens is 260 g/mol. The summed E-state index contributed by atoms with van der Waals surface area (Å²) in [6.07, 6.45) is 3.18. The molecule has 2 fully saturated rings. The average molecular weight is 286 g/mol. The van der Waals surface area contributed by atoms with Crippen molar-refractivity contribution in [2.24, 2.45) is 5.92 Å². The number of thioether (sulfide) groups is 1. The first-order valence-corrected chi connectivity index (χ1v) is 8.47. The van der Waals surface area contributed by atoms with Gasteiger partial charge in [-0.1, -0.05) is 0 Å². The van der Waals surface area contributed by atoms with Gasteiger partial charge in [-0.25, -0.2) is 0 Å². The fraction of sp³-hybridized carbons (Fsp3) is 0.929. The molecule has 2 aliphatic rings. The lowest BCUT2D eigenvalue weighted by molar-refractivity contribution is -0.134. The summed E-state index contributed by atoms with van der Waals surface area (Å²) in [7, 11) is 1.70. The van der Waals surface area contributed by atoms with E-state index < -0.39 is 0 Å². The summed E-state index contributed by atoms with van der Waals surface area (Å²) in [5.74, 6) is 3.23. The number of rotatable bonds is 7. The Hall–Kier alpha value is -0.260. The van der Waals surface area contributed by atoms with E-state index in [0.717, 1.165) is 30.5 Å². The van der Waals surface area contributed by atoms with Crippen LogP contribution in [0, 0.1) is 5.92 Å². The van der Waals surface area contributed by atoms with Crippen molar-refractivity contribution in [2.75, 3.05) is 38.3 Å². The Morgan fingerprint density at radius 2 is 2.32 bits per heavy atom. The standard InChI is InChI=1S/C14H26N2O2S/c1-11(12-3-4-12)16(6-7-18-2)14(17)9-13-10-19-8-5-15-13/h11-13,15H,3-10H2,1-2H3. The predicted octanol–water partition coefficient (Wildman–Crippen LogP) is 1.35. The second kappa shape index (κ2) is 7.50. The molecule has 1 N–H and O–H groups in total. The number of ether oxygens (including phenoxy) is 1. The Morgan fingerprint density at radius 3 is 2.89 bits per heavy atom. The van der Waals surface area contributed by atoms with Crippen LogP contribution in [0.25, 0.3) is 0 Å². The SMILES string of the molecule is COCCN(C(=O)CC1CSCCN1)C(C)C1CC1. The van der Waals surface area contributed by atoms with E-state index in [-0.39, 0.29) is 5.91 Å². The minimum atomic E-state index is 0.288. The second-order valence-electron chi connectivity index (χ2n) is 5.59. The molecule has 19 heavy (non-hydrogen) atoms. The van der Waals surface area contributed by atoms with Gasteiger partial charge in [-0.05, 0) is 25.7 Å². The number of nitrogens with one attached hydrogen (secondary N) is 1. The summed E-state index contributed by atoms with van der Waals surface area (Å²) in [6, 6.07) is 0.724. The summed E-state index contributed by atoms with van der Waals surface area (Å²) in [6.45, 7) is 4.58. The zero-order valence-electron chi connectivity index (χ0n) is 12.1. The van der Waals surface area contributed by atoms with E-state index >= 15 is 0 Å². The molecule has 2 rings (SSSR count).